The number of aromatic nitrogens is 3. The summed E-state index contributed by atoms with van der Waals surface area (Å²) < 4.78 is 0. The predicted octanol–water partition coefficient (Wildman–Crippen LogP) is 1.88. The number of fused-ring (bicyclic) bond motifs is 1. The molecular weight excluding hydrogens is 176 g/mol. The van der Waals surface area contributed by atoms with Gasteiger partial charge in [0.2, 0.25) is 0 Å². The largest absolute Gasteiger partial charge is 0.345 e. The van der Waals surface area contributed by atoms with E-state index in [0.29, 0.717) is 6.42 Å². The Morgan fingerprint density at radius 1 is 1.57 bits per heavy atom. The highest BCUT2D eigenvalue weighted by atomic mass is 14.9. The molecule has 0 unspecified atom stereocenters. The molecule has 0 aliphatic heterocycles. The van der Waals surface area contributed by atoms with Gasteiger partial charge in [-0.2, -0.15) is 5.26 Å². The molecule has 0 fully saturated rings. The Kier molecular flexibility index (Phi) is 2.24. The average molecular weight is 184 g/mol. The molecule has 1 N–H and O–H groups in total. The molecule has 2 aromatic rings. The lowest BCUT2D eigenvalue weighted by Crippen LogP contribution is -1.84. The van der Waals surface area contributed by atoms with Crippen molar-refractivity contribution in [1.29, 1.82) is 5.26 Å². The van der Waals surface area contributed by atoms with Gasteiger partial charge in [-0.1, -0.05) is 6.08 Å². The van der Waals surface area contributed by atoms with Crippen molar-refractivity contribution in [2.45, 2.75) is 6.42 Å². The maximum atomic E-state index is 8.34. The normalized spacial score (nSPS) is 10.8. The molecule has 0 amide bonds. The Labute approximate surface area is 80.9 Å². The van der Waals surface area contributed by atoms with E-state index in [1.165, 1.54) is 0 Å². The van der Waals surface area contributed by atoms with Crippen molar-refractivity contribution in [3.8, 4) is 6.07 Å². The van der Waals surface area contributed by atoms with Crippen LogP contribution in [0.15, 0.2) is 24.5 Å². The van der Waals surface area contributed by atoms with E-state index >= 15 is 0 Å². The van der Waals surface area contributed by atoms with Gasteiger partial charge in [0.25, 0.3) is 0 Å². The highest BCUT2D eigenvalue weighted by Crippen LogP contribution is 2.07. The minimum Gasteiger partial charge on any atom is -0.345 e. The summed E-state index contributed by atoms with van der Waals surface area (Å²) in [5.74, 6) is 0. The highest BCUT2D eigenvalue weighted by Gasteiger charge is 1.96. The molecule has 0 saturated carbocycles. The van der Waals surface area contributed by atoms with Gasteiger partial charge in [0, 0.05) is 6.20 Å². The summed E-state index contributed by atoms with van der Waals surface area (Å²) in [6.45, 7) is 0. The summed E-state index contributed by atoms with van der Waals surface area (Å²) in [6, 6.07) is 3.89. The first kappa shape index (κ1) is 8.45. The molecule has 4 nitrogen and oxygen atoms in total. The van der Waals surface area contributed by atoms with Crippen molar-refractivity contribution >= 4 is 17.2 Å². The van der Waals surface area contributed by atoms with Crippen molar-refractivity contribution < 1.29 is 0 Å². The Balaban J connectivity index is 2.31. The Morgan fingerprint density at radius 3 is 3.36 bits per heavy atom. The lowest BCUT2D eigenvalue weighted by atomic mass is 10.3. The van der Waals surface area contributed by atoms with Crippen molar-refractivity contribution in [2.24, 2.45) is 0 Å². The van der Waals surface area contributed by atoms with Crippen LogP contribution in [0.25, 0.3) is 17.2 Å². The summed E-state index contributed by atoms with van der Waals surface area (Å²) in [7, 11) is 0. The average Bonchev–Trinajstić information content (AvgIpc) is 2.65. The summed E-state index contributed by atoms with van der Waals surface area (Å²) in [4.78, 5) is 11.4. The van der Waals surface area contributed by atoms with Crippen molar-refractivity contribution in [2.75, 3.05) is 0 Å². The van der Waals surface area contributed by atoms with Crippen LogP contribution in [-0.4, -0.2) is 15.0 Å². The second-order valence-corrected chi connectivity index (χ2v) is 2.77. The van der Waals surface area contributed by atoms with E-state index in [-0.39, 0.29) is 0 Å². The van der Waals surface area contributed by atoms with Gasteiger partial charge in [0.15, 0.2) is 5.65 Å². The van der Waals surface area contributed by atoms with Gasteiger partial charge >= 0.3 is 0 Å². The Bertz CT molecular complexity index is 504. The zero-order valence-corrected chi connectivity index (χ0v) is 7.44. The number of aromatic amines is 1. The minimum absolute atomic E-state index is 0.396. The fourth-order valence-corrected chi connectivity index (χ4v) is 1.16. The van der Waals surface area contributed by atoms with Crippen LogP contribution in [0.4, 0.5) is 0 Å². The van der Waals surface area contributed by atoms with Crippen LogP contribution in [0.1, 0.15) is 12.1 Å². The van der Waals surface area contributed by atoms with Gasteiger partial charge in [-0.05, 0) is 12.1 Å². The van der Waals surface area contributed by atoms with Crippen molar-refractivity contribution in [1.82, 2.24) is 15.0 Å². The third kappa shape index (κ3) is 1.62. The van der Waals surface area contributed by atoms with Gasteiger partial charge < -0.3 is 4.98 Å². The summed E-state index contributed by atoms with van der Waals surface area (Å²) >= 11 is 0. The number of hydrogen-bond donors (Lipinski definition) is 1. The molecule has 2 rings (SSSR count). The van der Waals surface area contributed by atoms with Gasteiger partial charge in [0.1, 0.15) is 5.52 Å². The van der Waals surface area contributed by atoms with E-state index in [9.17, 15) is 0 Å². The molecule has 68 valence electrons. The topological polar surface area (TPSA) is 65.4 Å². The number of nitrogens with zero attached hydrogens (tertiary/aromatic N) is 3. The molecule has 0 aliphatic rings. The Hall–Kier alpha value is -2.15. The molecule has 14 heavy (non-hydrogen) atoms. The van der Waals surface area contributed by atoms with Gasteiger partial charge in [0.05, 0.1) is 24.4 Å². The minimum atomic E-state index is 0.396. The van der Waals surface area contributed by atoms with Crippen LogP contribution < -0.4 is 0 Å². The monoisotopic (exact) mass is 184 g/mol. The third-order valence-corrected chi connectivity index (χ3v) is 1.78. The molecule has 4 heteroatoms. The van der Waals surface area contributed by atoms with E-state index in [0.717, 1.165) is 16.9 Å². The number of allylic oxidation sites excluding steroid dienone is 1. The van der Waals surface area contributed by atoms with E-state index in [2.05, 4.69) is 15.0 Å². The van der Waals surface area contributed by atoms with Crippen molar-refractivity contribution in [3.63, 3.8) is 0 Å². The first-order valence-corrected chi connectivity index (χ1v) is 4.24. The molecule has 0 saturated heterocycles. The zero-order chi connectivity index (χ0) is 9.80. The number of hydrogen-bond acceptors (Lipinski definition) is 3. The standard InChI is InChI=1S/C10H8N4/c11-5-2-1-3-8-7-13-10-9(14-8)4-6-12-10/h1,3-4,6-7H,2H2,(H,12,13). The SMILES string of the molecule is N#CCC=Cc1cnc2[nH]ccc2n1. The number of nitriles is 1. The van der Waals surface area contributed by atoms with Gasteiger partial charge in [-0.3, -0.25) is 0 Å². The first-order valence-electron chi connectivity index (χ1n) is 4.24. The van der Waals surface area contributed by atoms with E-state index < -0.39 is 0 Å². The molecule has 0 atom stereocenters. The number of rotatable bonds is 2. The van der Waals surface area contributed by atoms with Crippen LogP contribution >= 0.6 is 0 Å². The van der Waals surface area contributed by atoms with Crippen LogP contribution in [0, 0.1) is 11.3 Å². The third-order valence-electron chi connectivity index (χ3n) is 1.78. The fraction of sp³-hybridized carbons (Fsp3) is 0.100. The molecule has 2 heterocycles. The second-order valence-electron chi connectivity index (χ2n) is 2.77. The fourth-order valence-electron chi connectivity index (χ4n) is 1.16. The molecule has 0 bridgehead atoms. The van der Waals surface area contributed by atoms with Gasteiger partial charge in [-0.15, -0.1) is 0 Å². The molecule has 0 spiro atoms. The van der Waals surface area contributed by atoms with E-state index in [4.69, 9.17) is 5.26 Å². The maximum Gasteiger partial charge on any atom is 0.156 e. The predicted molar refractivity (Wildman–Crippen MR) is 53.2 cm³/mol. The summed E-state index contributed by atoms with van der Waals surface area (Å²) in [6.07, 6.45) is 7.43. The molecular formula is C10H8N4. The molecule has 0 radical (unpaired) electrons. The maximum absolute atomic E-state index is 8.34. The molecule has 0 aliphatic carbocycles. The lowest BCUT2D eigenvalue weighted by Gasteiger charge is -1.91. The molecule has 0 aromatic carbocycles. The quantitative estimate of drug-likeness (QED) is 0.774. The smallest absolute Gasteiger partial charge is 0.156 e. The summed E-state index contributed by atoms with van der Waals surface area (Å²) in [5, 5.41) is 8.34. The van der Waals surface area contributed by atoms with Crippen LogP contribution in [0.5, 0.6) is 0 Å². The first-order chi connectivity index (χ1) is 6.90. The van der Waals surface area contributed by atoms with E-state index in [1.54, 1.807) is 24.5 Å². The van der Waals surface area contributed by atoms with Crippen LogP contribution in [-0.2, 0) is 0 Å². The van der Waals surface area contributed by atoms with Crippen molar-refractivity contribution in [3.05, 3.63) is 30.2 Å². The zero-order valence-electron chi connectivity index (χ0n) is 7.44. The van der Waals surface area contributed by atoms with Crippen LogP contribution in [0.2, 0.25) is 0 Å². The Morgan fingerprint density at radius 2 is 2.50 bits per heavy atom. The van der Waals surface area contributed by atoms with Crippen LogP contribution in [0.3, 0.4) is 0 Å². The highest BCUT2D eigenvalue weighted by molar-refractivity contribution is 5.71. The lowest BCUT2D eigenvalue weighted by molar-refractivity contribution is 1.24. The van der Waals surface area contributed by atoms with E-state index in [1.807, 2.05) is 12.1 Å². The summed E-state index contributed by atoms with van der Waals surface area (Å²) in [5.41, 5.74) is 2.39. The van der Waals surface area contributed by atoms with Gasteiger partial charge in [-0.25, -0.2) is 9.97 Å². The number of H-pyrrole nitrogens is 1. The second kappa shape index (κ2) is 3.71. The number of nitrogens with one attached hydrogen (secondary N) is 1. The molecule has 2 aromatic heterocycles.